The number of unbranched alkanes of at least 4 members (excludes halogenated alkanes) is 3. The molecule has 0 unspecified atom stereocenters. The van der Waals surface area contributed by atoms with Crippen LogP contribution in [0.15, 0.2) is 18.7 Å². The van der Waals surface area contributed by atoms with Gasteiger partial charge in [-0.05, 0) is 19.3 Å². The number of alkyl halides is 6. The predicted molar refractivity (Wildman–Crippen MR) is 92.4 cm³/mol. The number of aryl methyl sites for hydroxylation is 2. The maximum atomic E-state index is 11.4. The zero-order valence-electron chi connectivity index (χ0n) is 15.7. The Kier molecular flexibility index (Phi) is 10.6. The van der Waals surface area contributed by atoms with E-state index in [1.165, 1.54) is 38.6 Å². The molecular formula is C14H23F6N3O4S2. The van der Waals surface area contributed by atoms with Crippen LogP contribution in [0.2, 0.25) is 0 Å². The van der Waals surface area contributed by atoms with Crippen molar-refractivity contribution in [3.8, 4) is 0 Å². The third kappa shape index (κ3) is 9.80. The Morgan fingerprint density at radius 3 is 1.76 bits per heavy atom. The van der Waals surface area contributed by atoms with Gasteiger partial charge in [0.25, 0.3) is 0 Å². The standard InChI is InChI=1S/C12H23N2.C2F6NO4S2/c1-3-5-7-9-14-11-10-13(12-14)8-6-4-2;3-1(4,5)14(10,11)9-15(12,13)2(6,7)8/h10-12H,3-9H2,1-2H3;/q+1;-1. The highest BCUT2D eigenvalue weighted by Crippen LogP contribution is 2.36. The first kappa shape index (κ1) is 27.6. The predicted octanol–water partition coefficient (Wildman–Crippen LogP) is 3.83. The van der Waals surface area contributed by atoms with Gasteiger partial charge in [-0.2, -0.15) is 26.3 Å². The number of imidazole rings is 1. The number of aromatic nitrogens is 2. The van der Waals surface area contributed by atoms with Gasteiger partial charge in [0.2, 0.25) is 6.33 Å². The van der Waals surface area contributed by atoms with Gasteiger partial charge in [0.1, 0.15) is 12.4 Å². The van der Waals surface area contributed by atoms with E-state index in [1.54, 1.807) is 0 Å². The van der Waals surface area contributed by atoms with Gasteiger partial charge in [-0.15, -0.1) is 0 Å². The zero-order valence-corrected chi connectivity index (χ0v) is 17.4. The topological polar surface area (TPSA) is 91.2 Å². The van der Waals surface area contributed by atoms with E-state index in [0.29, 0.717) is 0 Å². The van der Waals surface area contributed by atoms with Crippen LogP contribution in [0.5, 0.6) is 0 Å². The Morgan fingerprint density at radius 2 is 1.34 bits per heavy atom. The van der Waals surface area contributed by atoms with E-state index < -0.39 is 31.1 Å². The molecule has 0 aliphatic carbocycles. The molecule has 29 heavy (non-hydrogen) atoms. The average Bonchev–Trinajstić information content (AvgIpc) is 2.98. The molecule has 0 atom stereocenters. The first-order chi connectivity index (χ1) is 13.1. The lowest BCUT2D eigenvalue weighted by molar-refractivity contribution is -0.696. The Bertz CT molecular complexity index is 775. The van der Waals surface area contributed by atoms with Crippen LogP contribution in [0.25, 0.3) is 4.13 Å². The Morgan fingerprint density at radius 1 is 0.862 bits per heavy atom. The van der Waals surface area contributed by atoms with E-state index in [-0.39, 0.29) is 0 Å². The smallest absolute Gasteiger partial charge is 0.421 e. The minimum absolute atomic E-state index is 0.778. The van der Waals surface area contributed by atoms with Crippen molar-refractivity contribution in [3.63, 3.8) is 0 Å². The van der Waals surface area contributed by atoms with Crippen LogP contribution in [0.3, 0.4) is 0 Å². The number of rotatable bonds is 9. The molecule has 0 fully saturated rings. The SMILES string of the molecule is CCCCC[n+]1ccn(CCCC)c1.O=S(=O)([N-]S(=O)(=O)C(F)(F)F)C(F)(F)F. The molecule has 15 heteroatoms. The first-order valence-electron chi connectivity index (χ1n) is 8.49. The van der Waals surface area contributed by atoms with Gasteiger partial charge >= 0.3 is 11.0 Å². The number of nitrogens with zero attached hydrogens (tertiary/aromatic N) is 3. The summed E-state index contributed by atoms with van der Waals surface area (Å²) in [5.41, 5.74) is -12.4. The molecule has 1 aromatic rings. The van der Waals surface area contributed by atoms with Gasteiger partial charge in [0.05, 0.1) is 13.1 Å². The van der Waals surface area contributed by atoms with Crippen molar-refractivity contribution < 1.29 is 47.7 Å². The van der Waals surface area contributed by atoms with Crippen LogP contribution in [-0.4, -0.2) is 32.4 Å². The normalized spacial score (nSPS) is 13.1. The largest absolute Gasteiger partial charge is 0.480 e. The van der Waals surface area contributed by atoms with Crippen LogP contribution < -0.4 is 4.57 Å². The molecule has 172 valence electrons. The second-order valence-electron chi connectivity index (χ2n) is 5.87. The third-order valence-electron chi connectivity index (χ3n) is 3.32. The van der Waals surface area contributed by atoms with Gasteiger partial charge in [0, 0.05) is 0 Å². The molecule has 0 saturated carbocycles. The number of hydrogen-bond donors (Lipinski definition) is 0. The molecule has 7 nitrogen and oxygen atoms in total. The molecule has 0 bridgehead atoms. The van der Waals surface area contributed by atoms with E-state index in [2.05, 4.69) is 41.7 Å². The Balaban J connectivity index is 0.000000541. The second kappa shape index (κ2) is 11.2. The number of sulfonamides is 2. The monoisotopic (exact) mass is 475 g/mol. The molecule has 0 radical (unpaired) electrons. The van der Waals surface area contributed by atoms with Crippen LogP contribution in [0.4, 0.5) is 26.3 Å². The van der Waals surface area contributed by atoms with Gasteiger partial charge in [-0.1, -0.05) is 26.7 Å². The van der Waals surface area contributed by atoms with E-state index >= 15 is 0 Å². The molecule has 1 heterocycles. The molecule has 0 N–H and O–H groups in total. The first-order valence-corrected chi connectivity index (χ1v) is 11.4. The van der Waals surface area contributed by atoms with Gasteiger partial charge in [-0.25, -0.2) is 26.0 Å². The minimum atomic E-state index is -6.72. The molecular weight excluding hydrogens is 452 g/mol. The fourth-order valence-electron chi connectivity index (χ4n) is 1.80. The molecule has 1 rings (SSSR count). The highest BCUT2D eigenvalue weighted by Gasteiger charge is 2.46. The van der Waals surface area contributed by atoms with Crippen molar-refractivity contribution in [1.82, 2.24) is 4.57 Å². The van der Waals surface area contributed by atoms with Gasteiger partial charge < -0.3 is 4.13 Å². The summed E-state index contributed by atoms with van der Waals surface area (Å²) in [5.74, 6) is 0. The fraction of sp³-hybridized carbons (Fsp3) is 0.786. The Labute approximate surface area is 165 Å². The van der Waals surface area contributed by atoms with Crippen molar-refractivity contribution >= 4 is 20.0 Å². The summed E-state index contributed by atoms with van der Waals surface area (Å²) in [6.45, 7) is 6.82. The van der Waals surface area contributed by atoms with Crippen molar-refractivity contribution in [2.75, 3.05) is 0 Å². The van der Waals surface area contributed by atoms with Crippen LogP contribution in [0, 0.1) is 0 Å². The lowest BCUT2D eigenvalue weighted by Crippen LogP contribution is -2.30. The van der Waals surface area contributed by atoms with Crippen molar-refractivity contribution in [1.29, 1.82) is 0 Å². The van der Waals surface area contributed by atoms with Crippen molar-refractivity contribution in [2.24, 2.45) is 0 Å². The second-order valence-corrected chi connectivity index (χ2v) is 9.29. The molecule has 0 aliphatic heterocycles. The summed E-state index contributed by atoms with van der Waals surface area (Å²) in [4.78, 5) is 0. The third-order valence-corrected chi connectivity index (χ3v) is 6.06. The van der Waals surface area contributed by atoms with Crippen LogP contribution in [0.1, 0.15) is 46.0 Å². The summed E-state index contributed by atoms with van der Waals surface area (Å²) in [6, 6.07) is 0. The molecule has 1 aromatic heterocycles. The average molecular weight is 475 g/mol. The molecule has 0 spiro atoms. The Hall–Kier alpha value is -1.35. The van der Waals surface area contributed by atoms with Crippen molar-refractivity contribution in [2.45, 2.75) is 70.1 Å². The zero-order chi connectivity index (χ0) is 22.9. The quantitative estimate of drug-likeness (QED) is 0.308. The van der Waals surface area contributed by atoms with E-state index in [0.717, 1.165) is 10.7 Å². The molecule has 0 amide bonds. The summed E-state index contributed by atoms with van der Waals surface area (Å²) in [6.07, 6.45) is 13.1. The highest BCUT2D eigenvalue weighted by molar-refractivity contribution is 8.13. The van der Waals surface area contributed by atoms with E-state index in [9.17, 15) is 43.2 Å². The lowest BCUT2D eigenvalue weighted by Gasteiger charge is -2.22. The maximum absolute atomic E-state index is 11.4. The van der Waals surface area contributed by atoms with E-state index in [4.69, 9.17) is 0 Å². The summed E-state index contributed by atoms with van der Waals surface area (Å²) in [7, 11) is -13.4. The summed E-state index contributed by atoms with van der Waals surface area (Å²) >= 11 is 0. The number of hydrogen-bond acceptors (Lipinski definition) is 4. The van der Waals surface area contributed by atoms with Crippen molar-refractivity contribution in [3.05, 3.63) is 22.8 Å². The summed E-state index contributed by atoms with van der Waals surface area (Å²) < 4.78 is 114. The van der Waals surface area contributed by atoms with Gasteiger partial charge in [-0.3, -0.25) is 0 Å². The number of halogens is 6. The van der Waals surface area contributed by atoms with Crippen LogP contribution >= 0.6 is 0 Å². The molecule has 0 saturated heterocycles. The molecule has 0 aromatic carbocycles. The highest BCUT2D eigenvalue weighted by atomic mass is 32.3. The van der Waals surface area contributed by atoms with Crippen LogP contribution in [-0.2, 0) is 33.1 Å². The lowest BCUT2D eigenvalue weighted by atomic mass is 10.2. The summed E-state index contributed by atoms with van der Waals surface area (Å²) in [5, 5.41) is 0. The van der Waals surface area contributed by atoms with E-state index in [1.807, 2.05) is 0 Å². The van der Waals surface area contributed by atoms with Gasteiger partial charge in [0.15, 0.2) is 20.0 Å². The fourth-order valence-corrected chi connectivity index (χ4v) is 3.51. The maximum Gasteiger partial charge on any atom is 0.480 e. The molecule has 0 aliphatic rings. The minimum Gasteiger partial charge on any atom is -0.421 e.